The monoisotopic (exact) mass is 282 g/mol. The van der Waals surface area contributed by atoms with Gasteiger partial charge in [0.1, 0.15) is 17.5 Å². The highest BCUT2D eigenvalue weighted by molar-refractivity contribution is 7.99. The summed E-state index contributed by atoms with van der Waals surface area (Å²) in [4.78, 5) is 9.19. The minimum Gasteiger partial charge on any atom is -0.373 e. The van der Waals surface area contributed by atoms with E-state index in [1.54, 1.807) is 0 Å². The number of nitrogens with zero attached hydrogens (tertiary/aromatic N) is 2. The van der Waals surface area contributed by atoms with E-state index in [1.807, 2.05) is 18.8 Å². The van der Waals surface area contributed by atoms with Crippen molar-refractivity contribution in [2.45, 2.75) is 46.6 Å². The zero-order chi connectivity index (χ0) is 14.3. The SMILES string of the molecule is CCCc1nc(NC)c(C)c(NC(C)CSCC)n1. The quantitative estimate of drug-likeness (QED) is 0.766. The first kappa shape index (κ1) is 16.1. The van der Waals surface area contributed by atoms with Crippen molar-refractivity contribution >= 4 is 23.4 Å². The summed E-state index contributed by atoms with van der Waals surface area (Å²) in [5.41, 5.74) is 1.09. The molecule has 4 nitrogen and oxygen atoms in total. The highest BCUT2D eigenvalue weighted by Crippen LogP contribution is 2.21. The van der Waals surface area contributed by atoms with Crippen LogP contribution in [0.15, 0.2) is 0 Å². The third-order valence-corrected chi connectivity index (χ3v) is 4.00. The predicted molar refractivity (Wildman–Crippen MR) is 86.4 cm³/mol. The molecule has 5 heteroatoms. The van der Waals surface area contributed by atoms with Crippen molar-refractivity contribution in [3.8, 4) is 0 Å². The van der Waals surface area contributed by atoms with Crippen molar-refractivity contribution < 1.29 is 0 Å². The Hall–Kier alpha value is -0.970. The van der Waals surface area contributed by atoms with Crippen LogP contribution in [0.3, 0.4) is 0 Å². The highest BCUT2D eigenvalue weighted by Gasteiger charge is 2.11. The smallest absolute Gasteiger partial charge is 0.135 e. The molecule has 1 aromatic rings. The summed E-state index contributed by atoms with van der Waals surface area (Å²) in [7, 11) is 1.91. The number of nitrogens with one attached hydrogen (secondary N) is 2. The molecular weight excluding hydrogens is 256 g/mol. The Morgan fingerprint density at radius 3 is 2.47 bits per heavy atom. The van der Waals surface area contributed by atoms with Crippen LogP contribution in [0.25, 0.3) is 0 Å². The van der Waals surface area contributed by atoms with Crippen LogP contribution < -0.4 is 10.6 Å². The summed E-state index contributed by atoms with van der Waals surface area (Å²) in [6.07, 6.45) is 1.98. The van der Waals surface area contributed by atoms with E-state index in [-0.39, 0.29) is 0 Å². The molecule has 2 N–H and O–H groups in total. The van der Waals surface area contributed by atoms with Gasteiger partial charge in [-0.05, 0) is 26.0 Å². The maximum atomic E-state index is 4.65. The molecule has 19 heavy (non-hydrogen) atoms. The van der Waals surface area contributed by atoms with Gasteiger partial charge in [-0.15, -0.1) is 0 Å². The Kier molecular flexibility index (Phi) is 6.99. The second-order valence-corrected chi connectivity index (χ2v) is 5.99. The van der Waals surface area contributed by atoms with Crippen LogP contribution in [0.1, 0.15) is 38.6 Å². The molecule has 0 amide bonds. The Morgan fingerprint density at radius 2 is 1.89 bits per heavy atom. The first-order chi connectivity index (χ1) is 9.12. The molecule has 0 saturated heterocycles. The number of hydrogen-bond donors (Lipinski definition) is 2. The van der Waals surface area contributed by atoms with Crippen molar-refractivity contribution in [3.63, 3.8) is 0 Å². The summed E-state index contributed by atoms with van der Waals surface area (Å²) in [5, 5.41) is 6.66. The third kappa shape index (κ3) is 4.90. The summed E-state index contributed by atoms with van der Waals surface area (Å²) < 4.78 is 0. The van der Waals surface area contributed by atoms with Gasteiger partial charge in [0.2, 0.25) is 0 Å². The zero-order valence-electron chi connectivity index (χ0n) is 12.7. The van der Waals surface area contributed by atoms with E-state index >= 15 is 0 Å². The van der Waals surface area contributed by atoms with E-state index in [0.717, 1.165) is 47.4 Å². The van der Waals surface area contributed by atoms with E-state index in [0.29, 0.717) is 6.04 Å². The molecule has 0 radical (unpaired) electrons. The highest BCUT2D eigenvalue weighted by atomic mass is 32.2. The van der Waals surface area contributed by atoms with Crippen LogP contribution in [0, 0.1) is 6.92 Å². The average molecular weight is 282 g/mol. The lowest BCUT2D eigenvalue weighted by Crippen LogP contribution is -2.21. The molecule has 108 valence electrons. The molecule has 1 aromatic heterocycles. The first-order valence-electron chi connectivity index (χ1n) is 7.01. The van der Waals surface area contributed by atoms with Gasteiger partial charge in [-0.3, -0.25) is 0 Å². The number of aromatic nitrogens is 2. The largest absolute Gasteiger partial charge is 0.373 e. The molecular formula is C14H26N4S. The molecule has 1 atom stereocenters. The molecule has 0 bridgehead atoms. The van der Waals surface area contributed by atoms with Crippen LogP contribution in [0.5, 0.6) is 0 Å². The predicted octanol–water partition coefficient (Wildman–Crippen LogP) is 3.33. The molecule has 0 aromatic carbocycles. The van der Waals surface area contributed by atoms with Crippen molar-refractivity contribution in [2.24, 2.45) is 0 Å². The lowest BCUT2D eigenvalue weighted by Gasteiger charge is -2.18. The topological polar surface area (TPSA) is 49.8 Å². The molecule has 0 fully saturated rings. The summed E-state index contributed by atoms with van der Waals surface area (Å²) in [5.74, 6) is 5.05. The van der Waals surface area contributed by atoms with E-state index in [4.69, 9.17) is 0 Å². The van der Waals surface area contributed by atoms with Gasteiger partial charge in [-0.25, -0.2) is 9.97 Å². The molecule has 1 unspecified atom stereocenters. The number of rotatable bonds is 8. The van der Waals surface area contributed by atoms with Crippen LogP contribution in [0.4, 0.5) is 11.6 Å². The fraction of sp³-hybridized carbons (Fsp3) is 0.714. The van der Waals surface area contributed by atoms with Gasteiger partial charge in [-0.2, -0.15) is 11.8 Å². The minimum absolute atomic E-state index is 0.415. The minimum atomic E-state index is 0.415. The maximum absolute atomic E-state index is 4.65. The van der Waals surface area contributed by atoms with Gasteiger partial charge in [0.15, 0.2) is 0 Å². The molecule has 0 aliphatic rings. The Balaban J connectivity index is 2.88. The van der Waals surface area contributed by atoms with E-state index in [1.165, 1.54) is 0 Å². The van der Waals surface area contributed by atoms with E-state index in [9.17, 15) is 0 Å². The average Bonchev–Trinajstić information content (AvgIpc) is 2.40. The standard InChI is InChI=1S/C14H26N4S/c1-6-8-12-17-13(15-5)11(4)14(18-12)16-10(3)9-19-7-2/h10H,6-9H2,1-5H3,(H2,15,16,17,18). The molecule has 0 aliphatic carbocycles. The van der Waals surface area contributed by atoms with Crippen molar-refractivity contribution in [1.82, 2.24) is 9.97 Å². The van der Waals surface area contributed by atoms with Crippen molar-refractivity contribution in [2.75, 3.05) is 29.2 Å². The zero-order valence-corrected chi connectivity index (χ0v) is 13.5. The number of aryl methyl sites for hydroxylation is 1. The molecule has 0 aliphatic heterocycles. The van der Waals surface area contributed by atoms with Crippen LogP contribution in [0.2, 0.25) is 0 Å². The molecule has 1 rings (SSSR count). The van der Waals surface area contributed by atoms with Crippen LogP contribution in [-0.4, -0.2) is 34.6 Å². The first-order valence-corrected chi connectivity index (χ1v) is 8.17. The van der Waals surface area contributed by atoms with E-state index in [2.05, 4.69) is 48.3 Å². The summed E-state index contributed by atoms with van der Waals surface area (Å²) in [6.45, 7) is 8.59. The normalized spacial score (nSPS) is 12.3. The van der Waals surface area contributed by atoms with Crippen LogP contribution in [-0.2, 0) is 6.42 Å². The lowest BCUT2D eigenvalue weighted by molar-refractivity contribution is 0.821. The summed E-state index contributed by atoms with van der Waals surface area (Å²) >= 11 is 1.94. The van der Waals surface area contributed by atoms with Crippen molar-refractivity contribution in [3.05, 3.63) is 11.4 Å². The van der Waals surface area contributed by atoms with Gasteiger partial charge < -0.3 is 10.6 Å². The summed E-state index contributed by atoms with van der Waals surface area (Å²) in [6, 6.07) is 0.415. The van der Waals surface area contributed by atoms with Crippen molar-refractivity contribution in [1.29, 1.82) is 0 Å². The number of anilines is 2. The van der Waals surface area contributed by atoms with Gasteiger partial charge in [0, 0.05) is 30.8 Å². The Labute approximate surface area is 121 Å². The Bertz CT molecular complexity index is 395. The van der Waals surface area contributed by atoms with Gasteiger partial charge >= 0.3 is 0 Å². The fourth-order valence-corrected chi connectivity index (χ4v) is 2.52. The van der Waals surface area contributed by atoms with Gasteiger partial charge in [-0.1, -0.05) is 13.8 Å². The Morgan fingerprint density at radius 1 is 1.21 bits per heavy atom. The third-order valence-electron chi connectivity index (χ3n) is 2.86. The fourth-order valence-electron chi connectivity index (χ4n) is 1.85. The van der Waals surface area contributed by atoms with Crippen LogP contribution >= 0.6 is 11.8 Å². The molecule has 0 spiro atoms. The molecule has 1 heterocycles. The van der Waals surface area contributed by atoms with E-state index < -0.39 is 0 Å². The second-order valence-electron chi connectivity index (χ2n) is 4.67. The number of thioether (sulfide) groups is 1. The lowest BCUT2D eigenvalue weighted by atomic mass is 10.2. The number of hydrogen-bond acceptors (Lipinski definition) is 5. The van der Waals surface area contributed by atoms with Gasteiger partial charge in [0.25, 0.3) is 0 Å². The second kappa shape index (κ2) is 8.25. The molecule has 0 saturated carbocycles. The maximum Gasteiger partial charge on any atom is 0.135 e. The van der Waals surface area contributed by atoms with Gasteiger partial charge in [0.05, 0.1) is 0 Å².